The smallest absolute Gasteiger partial charge is 0.416 e. The van der Waals surface area contributed by atoms with E-state index in [1.54, 1.807) is 4.98 Å². The van der Waals surface area contributed by atoms with Gasteiger partial charge >= 0.3 is 23.1 Å². The summed E-state index contributed by atoms with van der Waals surface area (Å²) in [4.78, 5) is 37.0. The third kappa shape index (κ3) is 5.13. The molecule has 0 fully saturated rings. The highest BCUT2D eigenvalue weighted by atomic mass is 19.4. The molecule has 1 heterocycles. The molecular formula is C19H12F3N5O5. The normalized spacial score (nSPS) is 12.0. The zero-order chi connectivity index (χ0) is 23.5. The Kier molecular flexibility index (Phi) is 6.00. The number of aromatic nitrogens is 2. The van der Waals surface area contributed by atoms with Crippen LogP contribution in [0.15, 0.2) is 62.3 Å². The summed E-state index contributed by atoms with van der Waals surface area (Å²) >= 11 is 0. The van der Waals surface area contributed by atoms with E-state index in [1.807, 2.05) is 0 Å². The van der Waals surface area contributed by atoms with Gasteiger partial charge in [-0.25, -0.2) is 4.79 Å². The van der Waals surface area contributed by atoms with Gasteiger partial charge in [0, 0.05) is 5.56 Å². The number of aromatic hydroxyl groups is 1. The molecular weight excluding hydrogens is 435 g/mol. The molecule has 32 heavy (non-hydrogen) atoms. The number of aromatic amines is 2. The summed E-state index contributed by atoms with van der Waals surface area (Å²) < 4.78 is 38.4. The number of rotatable bonds is 5. The highest BCUT2D eigenvalue weighted by Gasteiger charge is 2.30. The second-order valence-electron chi connectivity index (χ2n) is 6.25. The summed E-state index contributed by atoms with van der Waals surface area (Å²) in [7, 11) is 0. The molecule has 0 bridgehead atoms. The minimum absolute atomic E-state index is 0.0540. The number of nitro groups is 1. The van der Waals surface area contributed by atoms with E-state index in [0.29, 0.717) is 0 Å². The molecule has 164 valence electrons. The van der Waals surface area contributed by atoms with E-state index >= 15 is 0 Å². The minimum atomic E-state index is -4.54. The third-order valence-electron chi connectivity index (χ3n) is 4.02. The zero-order valence-electron chi connectivity index (χ0n) is 15.8. The van der Waals surface area contributed by atoms with E-state index in [1.165, 1.54) is 36.4 Å². The predicted molar refractivity (Wildman–Crippen MR) is 107 cm³/mol. The molecule has 0 radical (unpaired) electrons. The van der Waals surface area contributed by atoms with Crippen LogP contribution < -0.4 is 11.2 Å². The molecule has 3 rings (SSSR count). The number of phenolic OH excluding ortho intramolecular Hbond substituents is 1. The van der Waals surface area contributed by atoms with Crippen molar-refractivity contribution in [2.75, 3.05) is 0 Å². The topological polar surface area (TPSA) is 154 Å². The number of halogens is 3. The van der Waals surface area contributed by atoms with Crippen LogP contribution in [0, 0.1) is 10.1 Å². The van der Waals surface area contributed by atoms with Gasteiger partial charge in [-0.15, -0.1) is 0 Å². The van der Waals surface area contributed by atoms with E-state index in [4.69, 9.17) is 0 Å². The van der Waals surface area contributed by atoms with Crippen molar-refractivity contribution in [3.63, 3.8) is 0 Å². The summed E-state index contributed by atoms with van der Waals surface area (Å²) in [5, 5.41) is 28.6. The van der Waals surface area contributed by atoms with Gasteiger partial charge in [0.05, 0.1) is 21.9 Å². The van der Waals surface area contributed by atoms with Crippen molar-refractivity contribution in [3.8, 4) is 5.75 Å². The average molecular weight is 447 g/mol. The quantitative estimate of drug-likeness (QED) is 0.303. The first-order valence-electron chi connectivity index (χ1n) is 8.65. The maximum atomic E-state index is 12.8. The monoisotopic (exact) mass is 447 g/mol. The Bertz CT molecular complexity index is 1360. The van der Waals surface area contributed by atoms with Crippen LogP contribution in [0.1, 0.15) is 16.8 Å². The average Bonchev–Trinajstić information content (AvgIpc) is 2.71. The number of hydrogen-bond donors (Lipinski definition) is 3. The molecule has 3 aromatic rings. The fourth-order valence-electron chi connectivity index (χ4n) is 2.57. The molecule has 0 spiro atoms. The van der Waals surface area contributed by atoms with Gasteiger partial charge in [-0.3, -0.25) is 19.9 Å². The summed E-state index contributed by atoms with van der Waals surface area (Å²) in [5.41, 5.74) is -4.19. The van der Waals surface area contributed by atoms with Gasteiger partial charge < -0.3 is 10.1 Å². The minimum Gasteiger partial charge on any atom is -0.507 e. The summed E-state index contributed by atoms with van der Waals surface area (Å²) in [6, 6.07) is 8.05. The zero-order valence-corrected chi connectivity index (χ0v) is 15.8. The fraction of sp³-hybridized carbons (Fsp3) is 0.0526. The highest BCUT2D eigenvalue weighted by molar-refractivity contribution is 5.75. The maximum absolute atomic E-state index is 12.8. The Hall–Kier alpha value is -4.55. The van der Waals surface area contributed by atoms with Crippen LogP contribution in [0.4, 0.5) is 30.2 Å². The van der Waals surface area contributed by atoms with Crippen molar-refractivity contribution in [1.82, 2.24) is 9.97 Å². The first-order chi connectivity index (χ1) is 15.0. The van der Waals surface area contributed by atoms with Crippen LogP contribution in [0.3, 0.4) is 0 Å². The second-order valence-corrected chi connectivity index (χ2v) is 6.25. The maximum Gasteiger partial charge on any atom is 0.416 e. The Balaban J connectivity index is 1.93. The van der Waals surface area contributed by atoms with Crippen molar-refractivity contribution in [2.45, 2.75) is 6.18 Å². The SMILES string of the molecule is O=c1[nH]c(/C=C/c2cc(N=Nc3cccc(C(F)(F)F)c3)ccc2O)c([N+](=O)[O-])c(=O)[nH]1. The molecule has 1 aromatic heterocycles. The molecule has 0 aliphatic rings. The van der Waals surface area contributed by atoms with Crippen LogP contribution >= 0.6 is 0 Å². The Morgan fingerprint density at radius 1 is 1.00 bits per heavy atom. The van der Waals surface area contributed by atoms with Crippen LogP contribution in [0.2, 0.25) is 0 Å². The number of nitrogens with one attached hydrogen (secondary N) is 2. The number of benzene rings is 2. The molecule has 0 aliphatic carbocycles. The summed E-state index contributed by atoms with van der Waals surface area (Å²) in [6.07, 6.45) is -2.32. The molecule has 0 unspecified atom stereocenters. The molecule has 0 saturated carbocycles. The molecule has 0 aliphatic heterocycles. The lowest BCUT2D eigenvalue weighted by Gasteiger charge is -2.06. The van der Waals surface area contributed by atoms with Gasteiger partial charge in [-0.05, 0) is 48.6 Å². The lowest BCUT2D eigenvalue weighted by Crippen LogP contribution is -2.25. The number of alkyl halides is 3. The van der Waals surface area contributed by atoms with Gasteiger partial charge in [0.2, 0.25) is 0 Å². The van der Waals surface area contributed by atoms with Gasteiger partial charge in [-0.1, -0.05) is 6.07 Å². The Labute approximate surface area is 175 Å². The van der Waals surface area contributed by atoms with Crippen molar-refractivity contribution < 1.29 is 23.2 Å². The van der Waals surface area contributed by atoms with Gasteiger partial charge in [0.25, 0.3) is 0 Å². The Morgan fingerprint density at radius 2 is 1.69 bits per heavy atom. The van der Waals surface area contributed by atoms with Gasteiger partial charge in [0.15, 0.2) is 0 Å². The van der Waals surface area contributed by atoms with E-state index in [-0.39, 0.29) is 22.7 Å². The molecule has 10 nitrogen and oxygen atoms in total. The van der Waals surface area contributed by atoms with E-state index in [0.717, 1.165) is 18.2 Å². The molecule has 0 atom stereocenters. The predicted octanol–water partition coefficient (Wildman–Crippen LogP) is 4.28. The molecule has 2 aromatic carbocycles. The van der Waals surface area contributed by atoms with Crippen LogP contribution in [0.5, 0.6) is 5.75 Å². The highest BCUT2D eigenvalue weighted by Crippen LogP contribution is 2.32. The fourth-order valence-corrected chi connectivity index (χ4v) is 2.57. The molecule has 3 N–H and O–H groups in total. The number of azo groups is 1. The first-order valence-corrected chi connectivity index (χ1v) is 8.65. The van der Waals surface area contributed by atoms with Crippen molar-refractivity contribution in [3.05, 3.63) is 90.2 Å². The largest absolute Gasteiger partial charge is 0.507 e. The molecule has 0 saturated heterocycles. The standard InChI is InChI=1S/C19H12F3N5O5/c20-19(21,22)11-2-1-3-12(9-11)25-26-13-5-7-15(28)10(8-13)4-6-14-16(27(31)32)17(29)24-18(30)23-14/h1-9,28H,(H2,23,24,29,30)/b6-4+,26-25?. The van der Waals surface area contributed by atoms with Crippen molar-refractivity contribution >= 4 is 29.2 Å². The van der Waals surface area contributed by atoms with Gasteiger partial charge in [-0.2, -0.15) is 23.4 Å². The van der Waals surface area contributed by atoms with Crippen LogP contribution in [0.25, 0.3) is 12.2 Å². The van der Waals surface area contributed by atoms with Gasteiger partial charge in [0.1, 0.15) is 11.4 Å². The first kappa shape index (κ1) is 22.1. The van der Waals surface area contributed by atoms with Crippen molar-refractivity contribution in [2.24, 2.45) is 10.2 Å². The lowest BCUT2D eigenvalue weighted by atomic mass is 10.1. The summed E-state index contributed by atoms with van der Waals surface area (Å²) in [6.45, 7) is 0. The lowest BCUT2D eigenvalue weighted by molar-refractivity contribution is -0.386. The number of phenols is 1. The van der Waals surface area contributed by atoms with Crippen LogP contribution in [-0.2, 0) is 6.18 Å². The number of H-pyrrole nitrogens is 2. The third-order valence-corrected chi connectivity index (χ3v) is 4.02. The Morgan fingerprint density at radius 3 is 2.34 bits per heavy atom. The van der Waals surface area contributed by atoms with E-state index < -0.39 is 39.3 Å². The van der Waals surface area contributed by atoms with E-state index in [9.17, 15) is 38.0 Å². The molecule has 0 amide bonds. The second kappa shape index (κ2) is 8.67. The number of nitrogens with zero attached hydrogens (tertiary/aromatic N) is 3. The van der Waals surface area contributed by atoms with Crippen LogP contribution in [-0.4, -0.2) is 20.0 Å². The number of hydrogen-bond acceptors (Lipinski definition) is 7. The van der Waals surface area contributed by atoms with E-state index in [2.05, 4.69) is 15.2 Å². The molecule has 13 heteroatoms. The van der Waals surface area contributed by atoms with Crippen molar-refractivity contribution in [1.29, 1.82) is 0 Å². The summed E-state index contributed by atoms with van der Waals surface area (Å²) in [5.74, 6) is -0.269.